The summed E-state index contributed by atoms with van der Waals surface area (Å²) >= 11 is 0. The maximum Gasteiger partial charge on any atom is 0.320 e. The summed E-state index contributed by atoms with van der Waals surface area (Å²) in [6.07, 6.45) is 1.86. The molecule has 5 nitrogen and oxygen atoms in total. The zero-order valence-corrected chi connectivity index (χ0v) is 11.2. The molecule has 2 saturated heterocycles. The van der Waals surface area contributed by atoms with E-state index in [1.807, 2.05) is 6.92 Å². The summed E-state index contributed by atoms with van der Waals surface area (Å²) in [5.74, 6) is -0.00635. The van der Waals surface area contributed by atoms with Gasteiger partial charge in [0.1, 0.15) is 6.04 Å². The number of piperazine rings is 1. The molecule has 2 rings (SSSR count). The van der Waals surface area contributed by atoms with Gasteiger partial charge < -0.3 is 14.7 Å². The van der Waals surface area contributed by atoms with E-state index < -0.39 is 5.97 Å². The first-order valence-electron chi connectivity index (χ1n) is 6.97. The number of carboxylic acids is 1. The van der Waals surface area contributed by atoms with Crippen LogP contribution in [0.25, 0.3) is 0 Å². The fraction of sp³-hybridized carbons (Fsp3) is 0.923. The normalized spacial score (nSPS) is 28.4. The van der Waals surface area contributed by atoms with Crippen LogP contribution < -0.4 is 0 Å². The Labute approximate surface area is 109 Å². The zero-order valence-electron chi connectivity index (χ0n) is 11.2. The number of carbonyl (C=O) groups is 1. The molecule has 5 heteroatoms. The lowest BCUT2D eigenvalue weighted by Crippen LogP contribution is -2.53. The molecule has 0 bridgehead atoms. The number of ether oxygens (including phenoxy) is 1. The highest BCUT2D eigenvalue weighted by molar-refractivity contribution is 5.73. The number of rotatable bonds is 5. The molecule has 2 aliphatic heterocycles. The Morgan fingerprint density at radius 3 is 2.61 bits per heavy atom. The maximum absolute atomic E-state index is 11.1. The van der Waals surface area contributed by atoms with Gasteiger partial charge in [-0.1, -0.05) is 6.92 Å². The predicted octanol–water partition coefficient (Wildman–Crippen LogP) is 0.504. The number of hydrogen-bond donors (Lipinski definition) is 1. The first-order chi connectivity index (χ1) is 8.70. The van der Waals surface area contributed by atoms with Gasteiger partial charge in [0.05, 0.1) is 6.61 Å². The van der Waals surface area contributed by atoms with Crippen LogP contribution in [0.1, 0.15) is 19.8 Å². The molecule has 1 N–H and O–H groups in total. The Kier molecular flexibility index (Phi) is 4.97. The van der Waals surface area contributed by atoms with Gasteiger partial charge in [0.15, 0.2) is 0 Å². The highest BCUT2D eigenvalue weighted by atomic mass is 16.5. The van der Waals surface area contributed by atoms with Crippen molar-refractivity contribution in [1.82, 2.24) is 9.80 Å². The van der Waals surface area contributed by atoms with Gasteiger partial charge in [0, 0.05) is 39.3 Å². The number of aliphatic carboxylic acids is 1. The third-order valence-corrected chi connectivity index (χ3v) is 4.06. The molecule has 0 amide bonds. The van der Waals surface area contributed by atoms with Gasteiger partial charge in [0.25, 0.3) is 0 Å². The van der Waals surface area contributed by atoms with E-state index in [9.17, 15) is 4.79 Å². The van der Waals surface area contributed by atoms with Gasteiger partial charge in [-0.15, -0.1) is 0 Å². The third-order valence-electron chi connectivity index (χ3n) is 4.06. The lowest BCUT2D eigenvalue weighted by molar-refractivity contribution is -0.144. The second kappa shape index (κ2) is 6.50. The molecule has 2 aliphatic rings. The second-order valence-corrected chi connectivity index (χ2v) is 5.33. The van der Waals surface area contributed by atoms with E-state index in [4.69, 9.17) is 9.84 Å². The van der Waals surface area contributed by atoms with Crippen molar-refractivity contribution in [3.05, 3.63) is 0 Å². The molecule has 0 aromatic heterocycles. The second-order valence-electron chi connectivity index (χ2n) is 5.33. The van der Waals surface area contributed by atoms with Crippen LogP contribution in [-0.2, 0) is 9.53 Å². The lowest BCUT2D eigenvalue weighted by atomic mass is 10.1. The van der Waals surface area contributed by atoms with Gasteiger partial charge >= 0.3 is 5.97 Å². The average Bonchev–Trinajstić information content (AvgIpc) is 2.84. The summed E-state index contributed by atoms with van der Waals surface area (Å²) in [5, 5.41) is 9.15. The molecule has 104 valence electrons. The quantitative estimate of drug-likeness (QED) is 0.776. The minimum Gasteiger partial charge on any atom is -0.480 e. The largest absolute Gasteiger partial charge is 0.480 e. The van der Waals surface area contributed by atoms with Crippen molar-refractivity contribution >= 4 is 5.97 Å². The topological polar surface area (TPSA) is 53.0 Å². The van der Waals surface area contributed by atoms with Gasteiger partial charge in [0.2, 0.25) is 0 Å². The number of nitrogens with zero attached hydrogens (tertiary/aromatic N) is 2. The smallest absolute Gasteiger partial charge is 0.320 e. The predicted molar refractivity (Wildman–Crippen MR) is 68.7 cm³/mol. The molecule has 18 heavy (non-hydrogen) atoms. The van der Waals surface area contributed by atoms with Crippen molar-refractivity contribution in [3.63, 3.8) is 0 Å². The van der Waals surface area contributed by atoms with Crippen LogP contribution in [0.2, 0.25) is 0 Å². The summed E-state index contributed by atoms with van der Waals surface area (Å²) in [7, 11) is 0. The molecule has 0 aromatic rings. The molecule has 2 fully saturated rings. The van der Waals surface area contributed by atoms with Crippen molar-refractivity contribution in [2.75, 3.05) is 45.9 Å². The standard InChI is InChI=1S/C13H24N2O3/c1-2-12(13(16)17)15-6-4-14(5-7-15)9-11-3-8-18-10-11/h11-12H,2-10H2,1H3,(H,16,17). The average molecular weight is 256 g/mol. The molecular formula is C13H24N2O3. The van der Waals surface area contributed by atoms with Crippen molar-refractivity contribution in [2.45, 2.75) is 25.8 Å². The highest BCUT2D eigenvalue weighted by Gasteiger charge is 2.28. The van der Waals surface area contributed by atoms with Crippen LogP contribution in [0, 0.1) is 5.92 Å². The van der Waals surface area contributed by atoms with E-state index in [2.05, 4.69) is 9.80 Å². The maximum atomic E-state index is 11.1. The van der Waals surface area contributed by atoms with Crippen LogP contribution >= 0.6 is 0 Å². The van der Waals surface area contributed by atoms with E-state index in [1.54, 1.807) is 0 Å². The Morgan fingerprint density at radius 2 is 2.11 bits per heavy atom. The third kappa shape index (κ3) is 3.43. The number of hydrogen-bond acceptors (Lipinski definition) is 4. The summed E-state index contributed by atoms with van der Waals surface area (Å²) < 4.78 is 5.39. The van der Waals surface area contributed by atoms with Gasteiger partial charge in [-0.3, -0.25) is 9.69 Å². The van der Waals surface area contributed by atoms with Crippen molar-refractivity contribution in [2.24, 2.45) is 5.92 Å². The fourth-order valence-electron chi connectivity index (χ4n) is 2.94. The molecular weight excluding hydrogens is 232 g/mol. The Hall–Kier alpha value is -0.650. The molecule has 2 atom stereocenters. The van der Waals surface area contributed by atoms with E-state index in [1.165, 1.54) is 6.42 Å². The Balaban J connectivity index is 1.74. The molecule has 0 spiro atoms. The molecule has 0 aromatic carbocycles. The zero-order chi connectivity index (χ0) is 13.0. The Morgan fingerprint density at radius 1 is 1.39 bits per heavy atom. The van der Waals surface area contributed by atoms with Crippen molar-refractivity contribution in [3.8, 4) is 0 Å². The molecule has 2 unspecified atom stereocenters. The monoisotopic (exact) mass is 256 g/mol. The van der Waals surface area contributed by atoms with Crippen LogP contribution in [-0.4, -0.2) is 72.9 Å². The summed E-state index contributed by atoms with van der Waals surface area (Å²) in [4.78, 5) is 15.7. The van der Waals surface area contributed by atoms with Gasteiger partial charge in [-0.2, -0.15) is 0 Å². The molecule has 0 saturated carbocycles. The van der Waals surface area contributed by atoms with E-state index in [0.29, 0.717) is 12.3 Å². The van der Waals surface area contributed by atoms with E-state index >= 15 is 0 Å². The van der Waals surface area contributed by atoms with E-state index in [0.717, 1.165) is 45.9 Å². The van der Waals surface area contributed by atoms with Crippen LogP contribution in [0.4, 0.5) is 0 Å². The molecule has 0 radical (unpaired) electrons. The van der Waals surface area contributed by atoms with Crippen LogP contribution in [0.15, 0.2) is 0 Å². The summed E-state index contributed by atoms with van der Waals surface area (Å²) in [6, 6.07) is -0.304. The SMILES string of the molecule is CCC(C(=O)O)N1CCN(CC2CCOC2)CC1. The molecule has 0 aliphatic carbocycles. The number of carboxylic acid groups (broad SMARTS) is 1. The van der Waals surface area contributed by atoms with E-state index in [-0.39, 0.29) is 6.04 Å². The van der Waals surface area contributed by atoms with Gasteiger partial charge in [-0.25, -0.2) is 0 Å². The van der Waals surface area contributed by atoms with Crippen LogP contribution in [0.3, 0.4) is 0 Å². The van der Waals surface area contributed by atoms with Gasteiger partial charge in [-0.05, 0) is 18.8 Å². The summed E-state index contributed by atoms with van der Waals surface area (Å²) in [5.41, 5.74) is 0. The minimum absolute atomic E-state index is 0.304. The summed E-state index contributed by atoms with van der Waals surface area (Å²) in [6.45, 7) is 8.57. The fourth-order valence-corrected chi connectivity index (χ4v) is 2.94. The van der Waals surface area contributed by atoms with Crippen LogP contribution in [0.5, 0.6) is 0 Å². The minimum atomic E-state index is -0.685. The molecule has 2 heterocycles. The lowest BCUT2D eigenvalue weighted by Gasteiger charge is -2.38. The highest BCUT2D eigenvalue weighted by Crippen LogP contribution is 2.16. The van der Waals surface area contributed by atoms with Crippen molar-refractivity contribution < 1.29 is 14.6 Å². The van der Waals surface area contributed by atoms with Crippen molar-refractivity contribution in [1.29, 1.82) is 0 Å². The first-order valence-corrected chi connectivity index (χ1v) is 6.97. The Bertz CT molecular complexity index is 271. The first kappa shape index (κ1) is 13.8.